The number of hydrogen-bond donors (Lipinski definition) is 0. The van der Waals surface area contributed by atoms with Gasteiger partial charge in [-0.15, -0.1) is 0 Å². The van der Waals surface area contributed by atoms with Gasteiger partial charge in [0.25, 0.3) is 0 Å². The molecule has 0 unspecified atom stereocenters. The molecule has 2 aromatic carbocycles. The molecule has 0 radical (unpaired) electrons. The third kappa shape index (κ3) is 4.13. The number of fused-ring (bicyclic) bond motifs is 1. The molecule has 102 valence electrons. The second-order valence-corrected chi connectivity index (χ2v) is 4.38. The number of hydrogen-bond acceptors (Lipinski definition) is 2. The van der Waals surface area contributed by atoms with E-state index in [0.717, 1.165) is 6.07 Å². The van der Waals surface area contributed by atoms with E-state index in [1.54, 1.807) is 12.1 Å². The van der Waals surface area contributed by atoms with E-state index >= 15 is 0 Å². The number of halogens is 4. The summed E-state index contributed by atoms with van der Waals surface area (Å²) >= 11 is 5.87. The van der Waals surface area contributed by atoms with Gasteiger partial charge in [0.15, 0.2) is 6.79 Å². The van der Waals surface area contributed by atoms with Crippen LogP contribution in [0.1, 0.15) is 0 Å². The summed E-state index contributed by atoms with van der Waals surface area (Å²) in [5.41, 5.74) is -0.755. The monoisotopic (exact) mass is 328 g/mol. The predicted octanol–water partition coefficient (Wildman–Crippen LogP) is 0.534. The van der Waals surface area contributed by atoms with Gasteiger partial charge in [0.05, 0.1) is 0 Å². The van der Waals surface area contributed by atoms with Crippen molar-refractivity contribution in [3.05, 3.63) is 35.4 Å². The Balaban J connectivity index is 0.00000200. The fourth-order valence-corrected chi connectivity index (χ4v) is 2.15. The maximum Gasteiger partial charge on any atom is 1.00 e. The van der Waals surface area contributed by atoms with Crippen molar-refractivity contribution in [2.75, 3.05) is 13.9 Å². The molecule has 0 saturated carbocycles. The SMILES string of the molecule is COCOc1cc([B-](F)(F)F)c2c(Cl)cccc2c1.[K+]. The van der Waals surface area contributed by atoms with E-state index < -0.39 is 12.4 Å². The molecule has 2 nitrogen and oxygen atoms in total. The fraction of sp³-hybridized carbons (Fsp3) is 0.167. The van der Waals surface area contributed by atoms with E-state index in [2.05, 4.69) is 4.74 Å². The molecule has 20 heavy (non-hydrogen) atoms. The van der Waals surface area contributed by atoms with Crippen LogP contribution in [0.3, 0.4) is 0 Å². The molecule has 0 N–H and O–H groups in total. The normalized spacial score (nSPS) is 11.2. The van der Waals surface area contributed by atoms with Crippen LogP contribution in [0.25, 0.3) is 10.8 Å². The first kappa shape index (κ1) is 18.3. The summed E-state index contributed by atoms with van der Waals surface area (Å²) < 4.78 is 49.1. The van der Waals surface area contributed by atoms with Gasteiger partial charge in [-0.2, -0.15) is 0 Å². The van der Waals surface area contributed by atoms with Gasteiger partial charge in [0, 0.05) is 12.1 Å². The largest absolute Gasteiger partial charge is 1.00 e. The second-order valence-electron chi connectivity index (χ2n) is 3.98. The molecule has 0 aliphatic rings. The third-order valence-electron chi connectivity index (χ3n) is 2.63. The van der Waals surface area contributed by atoms with Gasteiger partial charge in [-0.3, -0.25) is 0 Å². The molecular weight excluding hydrogens is 318 g/mol. The molecule has 0 fully saturated rings. The number of methoxy groups -OCH3 is 1. The molecule has 0 aliphatic carbocycles. The van der Waals surface area contributed by atoms with Crippen LogP contribution in [0.4, 0.5) is 12.9 Å². The number of benzene rings is 2. The van der Waals surface area contributed by atoms with Gasteiger partial charge >= 0.3 is 58.4 Å². The Kier molecular flexibility index (Phi) is 6.85. The first-order valence-electron chi connectivity index (χ1n) is 5.47. The summed E-state index contributed by atoms with van der Waals surface area (Å²) in [4.78, 5) is 0. The van der Waals surface area contributed by atoms with E-state index in [1.165, 1.54) is 19.2 Å². The van der Waals surface area contributed by atoms with Crippen molar-refractivity contribution in [3.63, 3.8) is 0 Å². The van der Waals surface area contributed by atoms with Crippen LogP contribution >= 0.6 is 11.6 Å². The molecule has 2 rings (SSSR count). The molecule has 0 spiro atoms. The number of rotatable bonds is 4. The van der Waals surface area contributed by atoms with Gasteiger partial charge < -0.3 is 22.4 Å². The van der Waals surface area contributed by atoms with Crippen LogP contribution in [0.5, 0.6) is 5.75 Å². The molecule has 0 bridgehead atoms. The van der Waals surface area contributed by atoms with Gasteiger partial charge in [-0.05, 0) is 29.0 Å². The number of ether oxygens (including phenoxy) is 2. The Labute approximate surface area is 162 Å². The molecule has 0 amide bonds. The minimum Gasteiger partial charge on any atom is -0.468 e. The molecule has 0 saturated heterocycles. The topological polar surface area (TPSA) is 18.5 Å². The maximum atomic E-state index is 13.1. The van der Waals surface area contributed by atoms with Gasteiger partial charge in [0.1, 0.15) is 5.75 Å². The van der Waals surface area contributed by atoms with Crippen LogP contribution in [-0.2, 0) is 4.74 Å². The average molecular weight is 329 g/mol. The summed E-state index contributed by atoms with van der Waals surface area (Å²) in [6.45, 7) is -5.29. The molecule has 0 atom stereocenters. The Morgan fingerprint density at radius 3 is 2.50 bits per heavy atom. The summed E-state index contributed by atoms with van der Waals surface area (Å²) in [5, 5.41) is 0.460. The van der Waals surface area contributed by atoms with Crippen molar-refractivity contribution >= 4 is 34.8 Å². The quantitative estimate of drug-likeness (QED) is 0.602. The van der Waals surface area contributed by atoms with Crippen molar-refractivity contribution in [1.82, 2.24) is 0 Å². The van der Waals surface area contributed by atoms with Gasteiger partial charge in [0.2, 0.25) is 0 Å². The Morgan fingerprint density at radius 2 is 1.90 bits per heavy atom. The van der Waals surface area contributed by atoms with Crippen molar-refractivity contribution in [2.45, 2.75) is 0 Å². The van der Waals surface area contributed by atoms with Gasteiger partial charge in [-0.25, -0.2) is 0 Å². The first-order chi connectivity index (χ1) is 8.93. The van der Waals surface area contributed by atoms with Crippen LogP contribution < -0.4 is 61.6 Å². The van der Waals surface area contributed by atoms with Crippen LogP contribution in [0.2, 0.25) is 5.02 Å². The van der Waals surface area contributed by atoms with Crippen LogP contribution in [0, 0.1) is 0 Å². The molecule has 0 aliphatic heterocycles. The summed E-state index contributed by atoms with van der Waals surface area (Å²) in [6.07, 6.45) is 0. The van der Waals surface area contributed by atoms with Crippen molar-refractivity contribution in [2.24, 2.45) is 0 Å². The third-order valence-corrected chi connectivity index (χ3v) is 2.94. The zero-order valence-electron chi connectivity index (χ0n) is 11.0. The van der Waals surface area contributed by atoms with E-state index in [9.17, 15) is 12.9 Å². The standard InChI is InChI=1S/C12H10BClF3O2.K/c1-18-7-19-9-5-8-3-2-4-11(14)12(8)10(6-9)13(15,16)17;/h2-6H,7H2,1H3;/q-1;+1. The van der Waals surface area contributed by atoms with E-state index in [-0.39, 0.29) is 74.3 Å². The van der Waals surface area contributed by atoms with E-state index in [0.29, 0.717) is 5.39 Å². The van der Waals surface area contributed by atoms with E-state index in [1.807, 2.05) is 0 Å². The average Bonchev–Trinajstić information content (AvgIpc) is 2.34. The Morgan fingerprint density at radius 1 is 1.20 bits per heavy atom. The van der Waals surface area contributed by atoms with Crippen LogP contribution in [-0.4, -0.2) is 20.9 Å². The maximum absolute atomic E-state index is 13.1. The predicted molar refractivity (Wildman–Crippen MR) is 70.2 cm³/mol. The zero-order chi connectivity index (χ0) is 14.0. The van der Waals surface area contributed by atoms with Crippen molar-refractivity contribution in [1.29, 1.82) is 0 Å². The zero-order valence-corrected chi connectivity index (χ0v) is 14.9. The smallest absolute Gasteiger partial charge is 0.468 e. The summed E-state index contributed by atoms with van der Waals surface area (Å²) in [7, 11) is 1.40. The Bertz CT molecular complexity index is 607. The molecule has 8 heteroatoms. The minimum atomic E-state index is -5.18. The van der Waals surface area contributed by atoms with Crippen molar-refractivity contribution in [3.8, 4) is 5.75 Å². The van der Waals surface area contributed by atoms with Gasteiger partial charge in [-0.1, -0.05) is 29.2 Å². The molecule has 0 heterocycles. The first-order valence-corrected chi connectivity index (χ1v) is 5.85. The summed E-state index contributed by atoms with van der Waals surface area (Å²) in [6, 6.07) is 7.05. The second kappa shape index (κ2) is 7.49. The molecule has 2 aromatic rings. The van der Waals surface area contributed by atoms with E-state index in [4.69, 9.17) is 16.3 Å². The Hall–Kier alpha value is 0.241. The molecular formula is C12H10BClF3KO2. The summed E-state index contributed by atoms with van der Waals surface area (Å²) in [5.74, 6) is 0.103. The fourth-order valence-electron chi connectivity index (χ4n) is 1.85. The van der Waals surface area contributed by atoms with Crippen molar-refractivity contribution < 1.29 is 73.8 Å². The minimum absolute atomic E-state index is 0. The van der Waals surface area contributed by atoms with Crippen LogP contribution in [0.15, 0.2) is 30.3 Å². The molecule has 0 aromatic heterocycles.